The minimum absolute atomic E-state index is 0.141. The van der Waals surface area contributed by atoms with Gasteiger partial charge in [-0.15, -0.1) is 0 Å². The summed E-state index contributed by atoms with van der Waals surface area (Å²) in [4.78, 5) is 24.5. The highest BCUT2D eigenvalue weighted by Crippen LogP contribution is 2.34. The van der Waals surface area contributed by atoms with Crippen molar-refractivity contribution < 1.29 is 28.2 Å². The molecule has 0 saturated heterocycles. The summed E-state index contributed by atoms with van der Waals surface area (Å²) in [6.45, 7) is 1.55. The summed E-state index contributed by atoms with van der Waals surface area (Å²) in [5, 5.41) is 7.28. The Kier molecular flexibility index (Phi) is 6.04. The second kappa shape index (κ2) is 9.60. The zero-order chi connectivity index (χ0) is 24.2. The lowest BCUT2D eigenvalue weighted by Crippen LogP contribution is -2.20. The van der Waals surface area contributed by atoms with Crippen LogP contribution in [0.3, 0.4) is 0 Å². The largest absolute Gasteiger partial charge is 0.460 e. The van der Waals surface area contributed by atoms with Gasteiger partial charge in [0.2, 0.25) is 6.79 Å². The molecular formula is C26H21N3O6. The van der Waals surface area contributed by atoms with Crippen LogP contribution in [0.1, 0.15) is 11.3 Å². The average molecular weight is 471 g/mol. The van der Waals surface area contributed by atoms with Crippen LogP contribution in [-0.2, 0) is 14.3 Å². The van der Waals surface area contributed by atoms with E-state index in [9.17, 15) is 9.59 Å². The highest BCUT2D eigenvalue weighted by Gasteiger charge is 2.16. The van der Waals surface area contributed by atoms with Crippen molar-refractivity contribution in [1.82, 2.24) is 9.78 Å². The van der Waals surface area contributed by atoms with Gasteiger partial charge in [0, 0.05) is 29.6 Å². The third-order valence-electron chi connectivity index (χ3n) is 5.14. The van der Waals surface area contributed by atoms with E-state index >= 15 is 0 Å². The van der Waals surface area contributed by atoms with E-state index in [0.717, 1.165) is 11.4 Å². The highest BCUT2D eigenvalue weighted by atomic mass is 16.7. The number of amides is 1. The minimum atomic E-state index is -0.667. The smallest absolute Gasteiger partial charge is 0.331 e. The van der Waals surface area contributed by atoms with Crippen molar-refractivity contribution in [3.05, 3.63) is 84.3 Å². The molecule has 0 aliphatic carbocycles. The van der Waals surface area contributed by atoms with Crippen molar-refractivity contribution in [3.63, 3.8) is 0 Å². The van der Waals surface area contributed by atoms with Crippen LogP contribution in [0.15, 0.2) is 77.4 Å². The van der Waals surface area contributed by atoms with Crippen molar-refractivity contribution >= 4 is 23.6 Å². The monoisotopic (exact) mass is 471 g/mol. The number of nitrogens with zero attached hydrogens (tertiary/aromatic N) is 2. The number of esters is 1. The van der Waals surface area contributed by atoms with Crippen LogP contribution >= 0.6 is 0 Å². The third-order valence-corrected chi connectivity index (χ3v) is 5.14. The van der Waals surface area contributed by atoms with Gasteiger partial charge in [0.05, 0.1) is 5.69 Å². The van der Waals surface area contributed by atoms with Gasteiger partial charge in [0.1, 0.15) is 11.5 Å². The van der Waals surface area contributed by atoms with E-state index in [-0.39, 0.29) is 6.79 Å². The summed E-state index contributed by atoms with van der Waals surface area (Å²) in [6, 6.07) is 18.3. The molecule has 0 unspecified atom stereocenters. The van der Waals surface area contributed by atoms with Crippen LogP contribution < -0.4 is 14.8 Å². The Hall–Kier alpha value is -4.79. The van der Waals surface area contributed by atoms with Crippen LogP contribution in [0.2, 0.25) is 0 Å². The molecule has 5 rings (SSSR count). The normalized spacial score (nSPS) is 12.1. The first-order valence-electron chi connectivity index (χ1n) is 10.8. The summed E-state index contributed by atoms with van der Waals surface area (Å²) in [5.41, 5.74) is 2.61. The van der Waals surface area contributed by atoms with Crippen molar-refractivity contribution in [2.75, 3.05) is 18.7 Å². The number of nitrogens with one attached hydrogen (secondary N) is 1. The molecule has 4 aromatic rings. The molecule has 176 valence electrons. The molecule has 0 saturated carbocycles. The summed E-state index contributed by atoms with van der Waals surface area (Å²) in [6.07, 6.45) is 4.62. The van der Waals surface area contributed by atoms with Gasteiger partial charge in [-0.05, 0) is 49.4 Å². The Labute approximate surface area is 200 Å². The lowest BCUT2D eigenvalue weighted by Gasteiger charge is -2.06. The summed E-state index contributed by atoms with van der Waals surface area (Å²) in [5.74, 6) is 1.33. The van der Waals surface area contributed by atoms with E-state index in [2.05, 4.69) is 10.4 Å². The number of hydrogen-bond donors (Lipinski definition) is 1. The molecule has 3 heterocycles. The predicted octanol–water partition coefficient (Wildman–Crippen LogP) is 4.36. The van der Waals surface area contributed by atoms with Gasteiger partial charge in [-0.3, -0.25) is 4.79 Å². The maximum atomic E-state index is 12.3. The lowest BCUT2D eigenvalue weighted by atomic mass is 10.2. The van der Waals surface area contributed by atoms with E-state index in [4.69, 9.17) is 18.6 Å². The number of para-hydroxylation sites is 1. The molecule has 0 atom stereocenters. The van der Waals surface area contributed by atoms with Gasteiger partial charge in [-0.2, -0.15) is 5.10 Å². The summed E-state index contributed by atoms with van der Waals surface area (Å²) >= 11 is 0. The van der Waals surface area contributed by atoms with E-state index in [1.165, 1.54) is 6.08 Å². The Bertz CT molecular complexity index is 1400. The molecule has 35 heavy (non-hydrogen) atoms. The minimum Gasteiger partial charge on any atom is -0.460 e. The number of fused-ring (bicyclic) bond motifs is 1. The van der Waals surface area contributed by atoms with Crippen molar-refractivity contribution in [3.8, 4) is 28.6 Å². The number of carbonyl (C=O) groups excluding carboxylic acids is 2. The molecule has 0 spiro atoms. The molecule has 9 heteroatoms. The highest BCUT2D eigenvalue weighted by molar-refractivity contribution is 5.95. The Morgan fingerprint density at radius 2 is 1.91 bits per heavy atom. The molecule has 0 fully saturated rings. The Morgan fingerprint density at radius 1 is 1.09 bits per heavy atom. The first kappa shape index (κ1) is 22.0. The number of anilines is 1. The van der Waals surface area contributed by atoms with Gasteiger partial charge in [-0.25, -0.2) is 9.48 Å². The van der Waals surface area contributed by atoms with Crippen molar-refractivity contribution in [2.24, 2.45) is 0 Å². The first-order chi connectivity index (χ1) is 17.0. The summed E-state index contributed by atoms with van der Waals surface area (Å²) < 4.78 is 23.1. The molecular weight excluding hydrogens is 450 g/mol. The third kappa shape index (κ3) is 5.09. The van der Waals surface area contributed by atoms with Crippen LogP contribution in [-0.4, -0.2) is 35.1 Å². The van der Waals surface area contributed by atoms with Crippen LogP contribution in [0.25, 0.3) is 23.2 Å². The van der Waals surface area contributed by atoms with Crippen molar-refractivity contribution in [2.45, 2.75) is 6.92 Å². The van der Waals surface area contributed by atoms with Crippen LogP contribution in [0, 0.1) is 6.92 Å². The van der Waals surface area contributed by atoms with E-state index in [1.807, 2.05) is 49.4 Å². The maximum Gasteiger partial charge on any atom is 0.331 e. The molecule has 1 N–H and O–H groups in total. The zero-order valence-electron chi connectivity index (χ0n) is 18.8. The topological polar surface area (TPSA) is 105 Å². The van der Waals surface area contributed by atoms with E-state index in [1.54, 1.807) is 35.2 Å². The second-order valence-corrected chi connectivity index (χ2v) is 7.68. The average Bonchev–Trinajstić information content (AvgIpc) is 3.61. The van der Waals surface area contributed by atoms with Crippen LogP contribution in [0.5, 0.6) is 11.5 Å². The standard InChI is InChI=1S/C26H21N3O6/c1-17-7-10-22(35-17)26-18(14-29(28-26)20-5-3-2-4-6-20)8-12-25(31)32-15-24(30)27-19-9-11-21-23(13-19)34-16-33-21/h2-14H,15-16H2,1H3,(H,27,30)/b12-8+. The number of aryl methyl sites for hydroxylation is 1. The number of furan rings is 1. The maximum absolute atomic E-state index is 12.3. The van der Waals surface area contributed by atoms with Gasteiger partial charge < -0.3 is 23.9 Å². The molecule has 1 aliphatic rings. The van der Waals surface area contributed by atoms with Gasteiger partial charge >= 0.3 is 5.97 Å². The first-order valence-corrected chi connectivity index (χ1v) is 10.8. The molecule has 1 amide bonds. The number of rotatable bonds is 7. The van der Waals surface area contributed by atoms with Gasteiger partial charge in [-0.1, -0.05) is 18.2 Å². The molecule has 2 aromatic carbocycles. The number of carbonyl (C=O) groups is 2. The lowest BCUT2D eigenvalue weighted by molar-refractivity contribution is -0.142. The Morgan fingerprint density at radius 3 is 2.71 bits per heavy atom. The fraction of sp³-hybridized carbons (Fsp3) is 0.115. The SMILES string of the molecule is Cc1ccc(-c2nn(-c3ccccc3)cc2/C=C/C(=O)OCC(=O)Nc2ccc3c(c2)OCO3)o1. The molecule has 2 aromatic heterocycles. The molecule has 0 radical (unpaired) electrons. The number of benzene rings is 2. The molecule has 0 bridgehead atoms. The fourth-order valence-corrected chi connectivity index (χ4v) is 3.49. The fourth-order valence-electron chi connectivity index (χ4n) is 3.49. The number of hydrogen-bond acceptors (Lipinski definition) is 7. The van der Waals surface area contributed by atoms with Crippen LogP contribution in [0.4, 0.5) is 5.69 Å². The second-order valence-electron chi connectivity index (χ2n) is 7.68. The van der Waals surface area contributed by atoms with E-state index in [0.29, 0.717) is 34.2 Å². The Balaban J connectivity index is 1.25. The summed E-state index contributed by atoms with van der Waals surface area (Å²) in [7, 11) is 0. The van der Waals surface area contributed by atoms with Gasteiger partial charge in [0.15, 0.2) is 23.9 Å². The quantitative estimate of drug-likeness (QED) is 0.315. The molecule has 1 aliphatic heterocycles. The zero-order valence-corrected chi connectivity index (χ0v) is 18.8. The predicted molar refractivity (Wildman–Crippen MR) is 127 cm³/mol. The molecule has 9 nitrogen and oxygen atoms in total. The number of ether oxygens (including phenoxy) is 3. The number of aromatic nitrogens is 2. The van der Waals surface area contributed by atoms with E-state index < -0.39 is 18.5 Å². The van der Waals surface area contributed by atoms with Gasteiger partial charge in [0.25, 0.3) is 5.91 Å². The van der Waals surface area contributed by atoms with Crippen molar-refractivity contribution in [1.29, 1.82) is 0 Å².